The van der Waals surface area contributed by atoms with E-state index in [4.69, 9.17) is 10.8 Å². The van der Waals surface area contributed by atoms with Crippen molar-refractivity contribution in [3.05, 3.63) is 17.0 Å². The lowest BCUT2D eigenvalue weighted by atomic mass is 9.89. The Balaban J connectivity index is 2.56. The number of fused-ring (bicyclic) bond motifs is 1. The third kappa shape index (κ3) is 1.77. The minimum absolute atomic E-state index is 0.202. The molecule has 0 bridgehead atoms. The van der Waals surface area contributed by atoms with Crippen molar-refractivity contribution in [1.82, 2.24) is 9.78 Å². The predicted molar refractivity (Wildman–Crippen MR) is 66.6 cm³/mol. The molecular formula is C13H23N3. The van der Waals surface area contributed by atoms with Crippen LogP contribution in [0, 0.1) is 0 Å². The Morgan fingerprint density at radius 2 is 2.00 bits per heavy atom. The van der Waals surface area contributed by atoms with Crippen molar-refractivity contribution in [2.45, 2.75) is 65.0 Å². The number of rotatable bonds is 2. The van der Waals surface area contributed by atoms with Crippen molar-refractivity contribution >= 4 is 0 Å². The van der Waals surface area contributed by atoms with Crippen LogP contribution in [0.3, 0.4) is 0 Å². The van der Waals surface area contributed by atoms with Gasteiger partial charge in [0.15, 0.2) is 0 Å². The summed E-state index contributed by atoms with van der Waals surface area (Å²) in [7, 11) is 0. The quantitative estimate of drug-likeness (QED) is 0.834. The molecule has 0 radical (unpaired) electrons. The SMILES string of the molecule is CC(C)c1nn(C(C)C)c2c1C(N)CCC2. The van der Waals surface area contributed by atoms with Crippen molar-refractivity contribution in [3.8, 4) is 0 Å². The Labute approximate surface area is 98.0 Å². The fourth-order valence-electron chi connectivity index (χ4n) is 2.64. The molecule has 1 heterocycles. The molecule has 0 saturated carbocycles. The molecule has 0 aliphatic heterocycles. The molecule has 1 aromatic heterocycles. The van der Waals surface area contributed by atoms with Gasteiger partial charge in [-0.05, 0) is 39.0 Å². The maximum absolute atomic E-state index is 6.25. The van der Waals surface area contributed by atoms with Crippen LogP contribution in [-0.2, 0) is 6.42 Å². The molecule has 90 valence electrons. The van der Waals surface area contributed by atoms with Gasteiger partial charge in [-0.25, -0.2) is 0 Å². The second-order valence-corrected chi connectivity index (χ2v) is 5.44. The lowest BCUT2D eigenvalue weighted by molar-refractivity contribution is 0.479. The van der Waals surface area contributed by atoms with Gasteiger partial charge in [-0.2, -0.15) is 5.10 Å². The van der Waals surface area contributed by atoms with Gasteiger partial charge in [-0.3, -0.25) is 4.68 Å². The van der Waals surface area contributed by atoms with E-state index in [0.717, 1.165) is 12.8 Å². The highest BCUT2D eigenvalue weighted by Gasteiger charge is 2.27. The van der Waals surface area contributed by atoms with Gasteiger partial charge in [0.05, 0.1) is 5.69 Å². The van der Waals surface area contributed by atoms with Crippen LogP contribution in [-0.4, -0.2) is 9.78 Å². The molecule has 0 aromatic carbocycles. The van der Waals surface area contributed by atoms with Crippen molar-refractivity contribution < 1.29 is 0 Å². The maximum atomic E-state index is 6.25. The fraction of sp³-hybridized carbons (Fsp3) is 0.769. The molecule has 2 rings (SSSR count). The van der Waals surface area contributed by atoms with Gasteiger partial charge in [-0.15, -0.1) is 0 Å². The second-order valence-electron chi connectivity index (χ2n) is 5.44. The third-order valence-electron chi connectivity index (χ3n) is 3.41. The number of nitrogens with zero attached hydrogens (tertiary/aromatic N) is 2. The molecule has 1 aliphatic rings. The summed E-state index contributed by atoms with van der Waals surface area (Å²) < 4.78 is 2.18. The first-order valence-electron chi connectivity index (χ1n) is 6.39. The minimum Gasteiger partial charge on any atom is -0.324 e. The van der Waals surface area contributed by atoms with Gasteiger partial charge in [0, 0.05) is 23.3 Å². The summed E-state index contributed by atoms with van der Waals surface area (Å²) in [6, 6.07) is 0.639. The van der Waals surface area contributed by atoms with Gasteiger partial charge in [0.1, 0.15) is 0 Å². The van der Waals surface area contributed by atoms with E-state index in [0.29, 0.717) is 12.0 Å². The predicted octanol–water partition coefficient (Wildman–Crippen LogP) is 2.92. The van der Waals surface area contributed by atoms with Crippen LogP contribution in [0.25, 0.3) is 0 Å². The van der Waals surface area contributed by atoms with Crippen LogP contribution >= 0.6 is 0 Å². The van der Waals surface area contributed by atoms with Crippen LogP contribution in [0.2, 0.25) is 0 Å². The molecule has 0 fully saturated rings. The lowest BCUT2D eigenvalue weighted by Gasteiger charge is -2.22. The molecular weight excluding hydrogens is 198 g/mol. The summed E-state index contributed by atoms with van der Waals surface area (Å²) in [6.45, 7) is 8.79. The average molecular weight is 221 g/mol. The topological polar surface area (TPSA) is 43.8 Å². The molecule has 3 nitrogen and oxygen atoms in total. The first kappa shape index (κ1) is 11.6. The molecule has 0 spiro atoms. The Kier molecular flexibility index (Phi) is 3.06. The standard InChI is InChI=1S/C13H23N3/c1-8(2)13-12-10(14)6-5-7-11(12)16(15-13)9(3)4/h8-10H,5-7,14H2,1-4H3. The molecule has 0 saturated heterocycles. The molecule has 1 unspecified atom stereocenters. The zero-order valence-corrected chi connectivity index (χ0v) is 10.8. The highest BCUT2D eigenvalue weighted by Crippen LogP contribution is 2.35. The van der Waals surface area contributed by atoms with Gasteiger partial charge in [0.2, 0.25) is 0 Å². The monoisotopic (exact) mass is 221 g/mol. The lowest BCUT2D eigenvalue weighted by Crippen LogP contribution is -2.20. The van der Waals surface area contributed by atoms with Crippen LogP contribution in [0.5, 0.6) is 0 Å². The Morgan fingerprint density at radius 1 is 1.31 bits per heavy atom. The summed E-state index contributed by atoms with van der Waals surface area (Å²) in [6.07, 6.45) is 3.45. The molecule has 2 N–H and O–H groups in total. The van der Waals surface area contributed by atoms with Gasteiger partial charge in [0.25, 0.3) is 0 Å². The number of hydrogen-bond donors (Lipinski definition) is 1. The third-order valence-corrected chi connectivity index (χ3v) is 3.41. The van der Waals surface area contributed by atoms with Gasteiger partial charge >= 0.3 is 0 Å². The van der Waals surface area contributed by atoms with Crippen molar-refractivity contribution in [2.24, 2.45) is 5.73 Å². The number of hydrogen-bond acceptors (Lipinski definition) is 2. The Bertz CT molecular complexity index is 377. The highest BCUT2D eigenvalue weighted by molar-refractivity contribution is 5.34. The average Bonchev–Trinajstić information content (AvgIpc) is 2.58. The highest BCUT2D eigenvalue weighted by atomic mass is 15.3. The summed E-state index contributed by atoms with van der Waals surface area (Å²) in [5, 5.41) is 4.78. The van der Waals surface area contributed by atoms with Crippen LogP contribution < -0.4 is 5.73 Å². The molecule has 3 heteroatoms. The summed E-state index contributed by atoms with van der Waals surface area (Å²) in [5.74, 6) is 0.470. The van der Waals surface area contributed by atoms with Crippen LogP contribution in [0.15, 0.2) is 0 Å². The first-order chi connectivity index (χ1) is 7.52. The van der Waals surface area contributed by atoms with Crippen molar-refractivity contribution in [2.75, 3.05) is 0 Å². The van der Waals surface area contributed by atoms with E-state index in [9.17, 15) is 0 Å². The Morgan fingerprint density at radius 3 is 2.56 bits per heavy atom. The van der Waals surface area contributed by atoms with Crippen LogP contribution in [0.1, 0.15) is 75.5 Å². The van der Waals surface area contributed by atoms with Gasteiger partial charge < -0.3 is 5.73 Å². The van der Waals surface area contributed by atoms with Crippen molar-refractivity contribution in [3.63, 3.8) is 0 Å². The summed E-state index contributed by atoms with van der Waals surface area (Å²) >= 11 is 0. The van der Waals surface area contributed by atoms with Gasteiger partial charge in [-0.1, -0.05) is 13.8 Å². The van der Waals surface area contributed by atoms with E-state index >= 15 is 0 Å². The van der Waals surface area contributed by atoms with E-state index in [-0.39, 0.29) is 6.04 Å². The van der Waals surface area contributed by atoms with E-state index in [1.165, 1.54) is 23.4 Å². The number of nitrogens with two attached hydrogens (primary N) is 1. The molecule has 1 atom stereocenters. The maximum Gasteiger partial charge on any atom is 0.0700 e. The molecule has 16 heavy (non-hydrogen) atoms. The largest absolute Gasteiger partial charge is 0.324 e. The van der Waals surface area contributed by atoms with Crippen molar-refractivity contribution in [1.29, 1.82) is 0 Å². The summed E-state index contributed by atoms with van der Waals surface area (Å²) in [5.41, 5.74) is 10.2. The molecule has 1 aliphatic carbocycles. The van der Waals surface area contributed by atoms with E-state index < -0.39 is 0 Å². The van der Waals surface area contributed by atoms with Crippen LogP contribution in [0.4, 0.5) is 0 Å². The smallest absolute Gasteiger partial charge is 0.0700 e. The zero-order valence-electron chi connectivity index (χ0n) is 10.8. The summed E-state index contributed by atoms with van der Waals surface area (Å²) in [4.78, 5) is 0. The Hall–Kier alpha value is -0.830. The minimum atomic E-state index is 0.202. The van der Waals surface area contributed by atoms with E-state index in [2.05, 4.69) is 32.4 Å². The first-order valence-corrected chi connectivity index (χ1v) is 6.39. The van der Waals surface area contributed by atoms with E-state index in [1.54, 1.807) is 0 Å². The number of aromatic nitrogens is 2. The normalized spacial score (nSPS) is 20.6. The molecule has 1 aromatic rings. The fourth-order valence-corrected chi connectivity index (χ4v) is 2.64. The second kappa shape index (κ2) is 4.21. The van der Waals surface area contributed by atoms with E-state index in [1.807, 2.05) is 0 Å². The zero-order chi connectivity index (χ0) is 11.9. The molecule has 0 amide bonds.